The normalized spacial score (nSPS) is 18.7. The summed E-state index contributed by atoms with van der Waals surface area (Å²) in [6.07, 6.45) is 4.04. The number of benzene rings is 1. The summed E-state index contributed by atoms with van der Waals surface area (Å²) in [7, 11) is 0. The first kappa shape index (κ1) is 18.9. The Morgan fingerprint density at radius 1 is 1.38 bits per heavy atom. The van der Waals surface area contributed by atoms with Gasteiger partial charge in [0.25, 0.3) is 5.89 Å². The molecule has 1 aromatic carbocycles. The third-order valence-corrected chi connectivity index (χ3v) is 4.91. The molecular weight excluding hydrogens is 400 g/mol. The van der Waals surface area contributed by atoms with Crippen LogP contribution in [0.3, 0.4) is 0 Å². The molecule has 0 bridgehead atoms. The number of carboxylic acid groups (broad SMARTS) is 1. The highest BCUT2D eigenvalue weighted by atomic mass is 35.5. The maximum atomic E-state index is 12.5. The lowest BCUT2D eigenvalue weighted by atomic mass is 10.1. The van der Waals surface area contributed by atoms with Crippen LogP contribution >= 0.6 is 11.6 Å². The Labute approximate surface area is 170 Å². The van der Waals surface area contributed by atoms with Crippen molar-refractivity contribution >= 4 is 23.6 Å². The second-order valence-electron chi connectivity index (χ2n) is 6.66. The van der Waals surface area contributed by atoms with Gasteiger partial charge in [-0.05, 0) is 18.6 Å². The molecular formula is C18H17ClN6O4. The van der Waals surface area contributed by atoms with Crippen molar-refractivity contribution in [3.05, 3.63) is 53.8 Å². The number of nitrogens with zero attached hydrogens (tertiary/aromatic N) is 5. The van der Waals surface area contributed by atoms with E-state index >= 15 is 0 Å². The fourth-order valence-electron chi connectivity index (χ4n) is 3.38. The molecule has 2 N–H and O–H groups in total. The van der Waals surface area contributed by atoms with Gasteiger partial charge in [0.2, 0.25) is 0 Å². The Bertz CT molecular complexity index is 1020. The van der Waals surface area contributed by atoms with Gasteiger partial charge in [-0.25, -0.2) is 9.78 Å². The van der Waals surface area contributed by atoms with Crippen molar-refractivity contribution < 1.29 is 19.1 Å². The van der Waals surface area contributed by atoms with Crippen molar-refractivity contribution in [2.24, 2.45) is 0 Å². The van der Waals surface area contributed by atoms with Crippen LogP contribution in [0.15, 0.2) is 47.3 Å². The molecule has 2 atom stereocenters. The van der Waals surface area contributed by atoms with Gasteiger partial charge in [0.15, 0.2) is 5.76 Å². The van der Waals surface area contributed by atoms with Crippen LogP contribution in [0.5, 0.6) is 0 Å². The van der Waals surface area contributed by atoms with Crippen molar-refractivity contribution in [1.29, 1.82) is 0 Å². The number of likely N-dealkylation sites (tertiary alicyclic amines) is 1. The fraction of sp³-hybridized carbons (Fsp3) is 0.278. The Balaban J connectivity index is 1.42. The van der Waals surface area contributed by atoms with Gasteiger partial charge in [-0.3, -0.25) is 9.48 Å². The lowest BCUT2D eigenvalue weighted by Gasteiger charge is -2.20. The summed E-state index contributed by atoms with van der Waals surface area (Å²) in [4.78, 5) is 29.4. The largest absolute Gasteiger partial charge is 0.465 e. The molecule has 2 amide bonds. The van der Waals surface area contributed by atoms with Crippen LogP contribution in [0.25, 0.3) is 11.3 Å². The zero-order valence-electron chi connectivity index (χ0n) is 15.1. The van der Waals surface area contributed by atoms with Crippen molar-refractivity contribution in [3.63, 3.8) is 0 Å². The highest BCUT2D eigenvalue weighted by molar-refractivity contribution is 6.30. The van der Waals surface area contributed by atoms with Gasteiger partial charge in [-0.1, -0.05) is 28.9 Å². The number of hydrogen-bond acceptors (Lipinski definition) is 6. The standard InChI is InChI=1S/C18H17ClN6O4/c19-12-3-1-2-11(6-12)15-8-20-17(29-15)16(26)22-13-7-14(25(9-13)18(27)28)10-24-5-4-21-23-24/h1-6,8,13-14H,7,9-10H2,(H,22,26)(H,27,28)/t13-,14+/m1/s1. The minimum atomic E-state index is -1.05. The quantitative estimate of drug-likeness (QED) is 0.652. The third-order valence-electron chi connectivity index (χ3n) is 4.67. The molecule has 0 aliphatic carbocycles. The van der Waals surface area contributed by atoms with E-state index in [4.69, 9.17) is 16.0 Å². The molecule has 10 nitrogen and oxygen atoms in total. The summed E-state index contributed by atoms with van der Waals surface area (Å²) in [6.45, 7) is 0.527. The van der Waals surface area contributed by atoms with E-state index in [1.54, 1.807) is 35.1 Å². The van der Waals surface area contributed by atoms with Gasteiger partial charge < -0.3 is 19.7 Å². The number of rotatable bonds is 5. The van der Waals surface area contributed by atoms with Gasteiger partial charge in [-0.15, -0.1) is 5.10 Å². The molecule has 0 unspecified atom stereocenters. The fourth-order valence-corrected chi connectivity index (χ4v) is 3.57. The maximum absolute atomic E-state index is 12.5. The first-order chi connectivity index (χ1) is 14.0. The summed E-state index contributed by atoms with van der Waals surface area (Å²) in [5, 5.41) is 20.4. The molecule has 1 saturated heterocycles. The van der Waals surface area contributed by atoms with Gasteiger partial charge in [0.05, 0.1) is 25.0 Å². The van der Waals surface area contributed by atoms with E-state index in [0.717, 1.165) is 0 Å². The Morgan fingerprint density at radius 3 is 2.97 bits per heavy atom. The predicted octanol–water partition coefficient (Wildman–Crippen LogP) is 2.14. The van der Waals surface area contributed by atoms with Crippen LogP contribution in [0, 0.1) is 0 Å². The van der Waals surface area contributed by atoms with Crippen molar-refractivity contribution in [1.82, 2.24) is 30.2 Å². The summed E-state index contributed by atoms with van der Waals surface area (Å²) in [5.74, 6) is -0.183. The Kier molecular flexibility index (Phi) is 5.17. The molecule has 0 radical (unpaired) electrons. The van der Waals surface area contributed by atoms with Crippen LogP contribution < -0.4 is 5.32 Å². The molecule has 150 valence electrons. The van der Waals surface area contributed by atoms with Crippen LogP contribution in [0.4, 0.5) is 4.79 Å². The van der Waals surface area contributed by atoms with Gasteiger partial charge in [-0.2, -0.15) is 0 Å². The lowest BCUT2D eigenvalue weighted by molar-refractivity contribution is 0.0901. The molecule has 1 fully saturated rings. The SMILES string of the molecule is O=C(N[C@@H]1C[C@@H](Cn2ccnn2)N(C(=O)O)C1)c1ncc(-c2cccc(Cl)c2)o1. The summed E-state index contributed by atoms with van der Waals surface area (Å²) in [5.41, 5.74) is 0.704. The molecule has 3 aromatic rings. The highest BCUT2D eigenvalue weighted by Gasteiger charge is 2.37. The number of carbonyl (C=O) groups is 2. The van der Waals surface area contributed by atoms with Crippen LogP contribution in [-0.4, -0.2) is 60.6 Å². The number of oxazole rings is 1. The molecule has 1 aliphatic heterocycles. The van der Waals surface area contributed by atoms with Gasteiger partial charge in [0, 0.05) is 29.4 Å². The van der Waals surface area contributed by atoms with E-state index in [1.165, 1.54) is 17.3 Å². The summed E-state index contributed by atoms with van der Waals surface area (Å²) in [6, 6.07) is 6.32. The van der Waals surface area contributed by atoms with E-state index < -0.39 is 12.0 Å². The van der Waals surface area contributed by atoms with E-state index in [2.05, 4.69) is 20.6 Å². The molecule has 29 heavy (non-hydrogen) atoms. The average molecular weight is 417 g/mol. The summed E-state index contributed by atoms with van der Waals surface area (Å²) >= 11 is 5.98. The first-order valence-corrected chi connectivity index (χ1v) is 9.23. The average Bonchev–Trinajstić information content (AvgIpc) is 3.43. The smallest absolute Gasteiger partial charge is 0.407 e. The van der Waals surface area contributed by atoms with E-state index in [-0.39, 0.29) is 24.5 Å². The van der Waals surface area contributed by atoms with Crippen molar-refractivity contribution in [2.75, 3.05) is 6.54 Å². The molecule has 3 heterocycles. The zero-order valence-corrected chi connectivity index (χ0v) is 15.9. The number of hydrogen-bond donors (Lipinski definition) is 2. The molecule has 11 heteroatoms. The molecule has 0 saturated carbocycles. The molecule has 1 aliphatic rings. The topological polar surface area (TPSA) is 126 Å². The Morgan fingerprint density at radius 2 is 2.24 bits per heavy atom. The van der Waals surface area contributed by atoms with Crippen LogP contribution in [-0.2, 0) is 6.54 Å². The monoisotopic (exact) mass is 416 g/mol. The number of carbonyl (C=O) groups excluding carboxylic acids is 1. The zero-order chi connectivity index (χ0) is 20.4. The van der Waals surface area contributed by atoms with E-state index in [1.807, 2.05) is 0 Å². The molecule has 2 aromatic heterocycles. The van der Waals surface area contributed by atoms with E-state index in [0.29, 0.717) is 29.3 Å². The van der Waals surface area contributed by atoms with Crippen molar-refractivity contribution in [3.8, 4) is 11.3 Å². The number of nitrogens with one attached hydrogen (secondary N) is 1. The minimum absolute atomic E-state index is 0.0958. The lowest BCUT2D eigenvalue weighted by Crippen LogP contribution is -2.39. The van der Waals surface area contributed by atoms with Crippen LogP contribution in [0.1, 0.15) is 17.1 Å². The predicted molar refractivity (Wildman–Crippen MR) is 101 cm³/mol. The van der Waals surface area contributed by atoms with Crippen LogP contribution in [0.2, 0.25) is 5.02 Å². The van der Waals surface area contributed by atoms with E-state index in [9.17, 15) is 14.7 Å². The summed E-state index contributed by atoms with van der Waals surface area (Å²) < 4.78 is 7.11. The second kappa shape index (κ2) is 7.92. The third kappa shape index (κ3) is 4.21. The number of halogens is 1. The maximum Gasteiger partial charge on any atom is 0.407 e. The van der Waals surface area contributed by atoms with Gasteiger partial charge >= 0.3 is 12.0 Å². The minimum Gasteiger partial charge on any atom is -0.465 e. The van der Waals surface area contributed by atoms with Crippen molar-refractivity contribution in [2.45, 2.75) is 25.0 Å². The molecule has 0 spiro atoms. The number of amides is 2. The molecule has 4 rings (SSSR count). The Hall–Kier alpha value is -3.40. The highest BCUT2D eigenvalue weighted by Crippen LogP contribution is 2.24. The first-order valence-electron chi connectivity index (χ1n) is 8.86. The van der Waals surface area contributed by atoms with Gasteiger partial charge in [0.1, 0.15) is 0 Å². The number of aromatic nitrogens is 4. The second-order valence-corrected chi connectivity index (χ2v) is 7.10.